The van der Waals surface area contributed by atoms with Crippen LogP contribution in [-0.2, 0) is 11.2 Å². The van der Waals surface area contributed by atoms with Gasteiger partial charge in [-0.1, -0.05) is 37.3 Å². The molecule has 2 aromatic rings. The minimum absolute atomic E-state index is 0.0548. The summed E-state index contributed by atoms with van der Waals surface area (Å²) in [5, 5.41) is 14.1. The lowest BCUT2D eigenvalue weighted by Gasteiger charge is -2.11. The maximum Gasteiger partial charge on any atom is 0.225 e. The molecule has 116 valence electrons. The van der Waals surface area contributed by atoms with Crippen molar-refractivity contribution >= 4 is 17.5 Å². The SMILES string of the molecule is CCC(C)Nc1ccc(NC(=O)CCc2ccccc2)nn1. The molecule has 0 radical (unpaired) electrons. The quantitative estimate of drug-likeness (QED) is 0.823. The third-order valence-electron chi connectivity index (χ3n) is 3.42. The number of hydrogen-bond acceptors (Lipinski definition) is 4. The van der Waals surface area contributed by atoms with E-state index in [0.717, 1.165) is 17.8 Å². The van der Waals surface area contributed by atoms with Crippen LogP contribution in [0.4, 0.5) is 11.6 Å². The molecule has 22 heavy (non-hydrogen) atoms. The van der Waals surface area contributed by atoms with Crippen LogP contribution in [0.1, 0.15) is 32.3 Å². The molecule has 0 saturated heterocycles. The Bertz CT molecular complexity index is 583. The Morgan fingerprint density at radius 3 is 2.41 bits per heavy atom. The van der Waals surface area contributed by atoms with Gasteiger partial charge in [-0.15, -0.1) is 10.2 Å². The lowest BCUT2D eigenvalue weighted by atomic mass is 10.1. The third-order valence-corrected chi connectivity index (χ3v) is 3.42. The number of benzene rings is 1. The number of carbonyl (C=O) groups excluding carboxylic acids is 1. The van der Waals surface area contributed by atoms with Gasteiger partial charge in [0.2, 0.25) is 5.91 Å². The van der Waals surface area contributed by atoms with Crippen LogP contribution in [0.2, 0.25) is 0 Å². The number of aromatic nitrogens is 2. The van der Waals surface area contributed by atoms with E-state index in [-0.39, 0.29) is 5.91 Å². The molecule has 2 rings (SSSR count). The number of nitrogens with zero attached hydrogens (tertiary/aromatic N) is 2. The summed E-state index contributed by atoms with van der Waals surface area (Å²) in [7, 11) is 0. The molecule has 0 spiro atoms. The molecule has 0 saturated carbocycles. The molecule has 2 N–H and O–H groups in total. The summed E-state index contributed by atoms with van der Waals surface area (Å²) in [6.45, 7) is 4.19. The smallest absolute Gasteiger partial charge is 0.225 e. The van der Waals surface area contributed by atoms with Gasteiger partial charge < -0.3 is 10.6 Å². The zero-order valence-electron chi connectivity index (χ0n) is 13.0. The van der Waals surface area contributed by atoms with Crippen molar-refractivity contribution in [1.82, 2.24) is 10.2 Å². The molecular weight excluding hydrogens is 276 g/mol. The van der Waals surface area contributed by atoms with E-state index < -0.39 is 0 Å². The second-order valence-corrected chi connectivity index (χ2v) is 5.29. The number of aryl methyl sites for hydroxylation is 1. The zero-order chi connectivity index (χ0) is 15.8. The van der Waals surface area contributed by atoms with Crippen LogP contribution >= 0.6 is 0 Å². The molecule has 1 unspecified atom stereocenters. The first-order chi connectivity index (χ1) is 10.7. The molecule has 0 bridgehead atoms. The first-order valence-electron chi connectivity index (χ1n) is 7.61. The minimum atomic E-state index is -0.0548. The zero-order valence-corrected chi connectivity index (χ0v) is 13.0. The predicted molar refractivity (Wildman–Crippen MR) is 88.8 cm³/mol. The number of nitrogens with one attached hydrogen (secondary N) is 2. The van der Waals surface area contributed by atoms with E-state index in [4.69, 9.17) is 0 Å². The highest BCUT2D eigenvalue weighted by molar-refractivity contribution is 5.89. The van der Waals surface area contributed by atoms with Crippen LogP contribution in [0.5, 0.6) is 0 Å². The van der Waals surface area contributed by atoms with Crippen LogP contribution in [0.25, 0.3) is 0 Å². The summed E-state index contributed by atoms with van der Waals surface area (Å²) < 4.78 is 0. The number of anilines is 2. The molecule has 0 fully saturated rings. The van der Waals surface area contributed by atoms with Gasteiger partial charge in [-0.3, -0.25) is 4.79 Å². The van der Waals surface area contributed by atoms with Crippen molar-refractivity contribution in [2.45, 2.75) is 39.2 Å². The minimum Gasteiger partial charge on any atom is -0.366 e. The highest BCUT2D eigenvalue weighted by Gasteiger charge is 2.05. The van der Waals surface area contributed by atoms with Crippen molar-refractivity contribution in [3.8, 4) is 0 Å². The fourth-order valence-electron chi connectivity index (χ4n) is 1.94. The van der Waals surface area contributed by atoms with Gasteiger partial charge in [0.05, 0.1) is 0 Å². The first kappa shape index (κ1) is 15.9. The Morgan fingerprint density at radius 2 is 1.77 bits per heavy atom. The van der Waals surface area contributed by atoms with E-state index in [0.29, 0.717) is 24.7 Å². The lowest BCUT2D eigenvalue weighted by molar-refractivity contribution is -0.116. The Kier molecular flexibility index (Phi) is 5.89. The van der Waals surface area contributed by atoms with Crippen LogP contribution in [-0.4, -0.2) is 22.1 Å². The van der Waals surface area contributed by atoms with Gasteiger partial charge in [0.15, 0.2) is 5.82 Å². The van der Waals surface area contributed by atoms with Gasteiger partial charge in [0.1, 0.15) is 5.82 Å². The lowest BCUT2D eigenvalue weighted by Crippen LogP contribution is -2.16. The number of hydrogen-bond donors (Lipinski definition) is 2. The van der Waals surface area contributed by atoms with E-state index in [1.54, 1.807) is 6.07 Å². The maximum absolute atomic E-state index is 11.9. The summed E-state index contributed by atoms with van der Waals surface area (Å²) in [5.74, 6) is 1.14. The Labute approximate surface area is 131 Å². The molecule has 1 aromatic carbocycles. The average Bonchev–Trinajstić information content (AvgIpc) is 2.55. The monoisotopic (exact) mass is 298 g/mol. The van der Waals surface area contributed by atoms with Gasteiger partial charge in [0.25, 0.3) is 0 Å². The molecule has 1 heterocycles. The summed E-state index contributed by atoms with van der Waals surface area (Å²) in [6.07, 6.45) is 2.16. The predicted octanol–water partition coefficient (Wildman–Crippen LogP) is 3.26. The standard InChI is InChI=1S/C17H22N4O/c1-3-13(2)18-15-10-11-16(21-20-15)19-17(22)12-9-14-7-5-4-6-8-14/h4-8,10-11,13H,3,9,12H2,1-2H3,(H,18,20)(H,19,21,22). The fraction of sp³-hybridized carbons (Fsp3) is 0.353. The van der Waals surface area contributed by atoms with Crippen LogP contribution in [0.15, 0.2) is 42.5 Å². The molecular formula is C17H22N4O. The maximum atomic E-state index is 11.9. The molecule has 0 aliphatic carbocycles. The molecule has 1 amide bonds. The number of rotatable bonds is 7. The van der Waals surface area contributed by atoms with Crippen molar-refractivity contribution in [1.29, 1.82) is 0 Å². The van der Waals surface area contributed by atoms with Crippen molar-refractivity contribution in [2.24, 2.45) is 0 Å². The number of amides is 1. The highest BCUT2D eigenvalue weighted by Crippen LogP contribution is 2.09. The second kappa shape index (κ2) is 8.12. The van der Waals surface area contributed by atoms with Gasteiger partial charge in [-0.25, -0.2) is 0 Å². The molecule has 5 nitrogen and oxygen atoms in total. The fourth-order valence-corrected chi connectivity index (χ4v) is 1.94. The number of carbonyl (C=O) groups is 1. The average molecular weight is 298 g/mol. The van der Waals surface area contributed by atoms with Crippen LogP contribution < -0.4 is 10.6 Å². The van der Waals surface area contributed by atoms with E-state index in [9.17, 15) is 4.79 Å². The Balaban J connectivity index is 1.81. The van der Waals surface area contributed by atoms with Crippen molar-refractivity contribution in [3.63, 3.8) is 0 Å². The van der Waals surface area contributed by atoms with Gasteiger partial charge in [-0.05, 0) is 37.5 Å². The summed E-state index contributed by atoms with van der Waals surface area (Å²) >= 11 is 0. The van der Waals surface area contributed by atoms with E-state index in [2.05, 4.69) is 34.7 Å². The summed E-state index contributed by atoms with van der Waals surface area (Å²) in [5.41, 5.74) is 1.15. The van der Waals surface area contributed by atoms with Crippen molar-refractivity contribution in [3.05, 3.63) is 48.0 Å². The summed E-state index contributed by atoms with van der Waals surface area (Å²) in [6, 6.07) is 13.9. The Morgan fingerprint density at radius 1 is 1.09 bits per heavy atom. The van der Waals surface area contributed by atoms with Gasteiger partial charge in [0, 0.05) is 12.5 Å². The summed E-state index contributed by atoms with van der Waals surface area (Å²) in [4.78, 5) is 11.9. The molecule has 1 aromatic heterocycles. The van der Waals surface area contributed by atoms with Crippen molar-refractivity contribution < 1.29 is 4.79 Å². The van der Waals surface area contributed by atoms with E-state index in [1.807, 2.05) is 36.4 Å². The molecule has 1 atom stereocenters. The topological polar surface area (TPSA) is 66.9 Å². The Hall–Kier alpha value is -2.43. The van der Waals surface area contributed by atoms with Gasteiger partial charge in [-0.2, -0.15) is 0 Å². The van der Waals surface area contributed by atoms with Crippen LogP contribution in [0.3, 0.4) is 0 Å². The normalized spacial score (nSPS) is 11.7. The van der Waals surface area contributed by atoms with E-state index in [1.165, 1.54) is 0 Å². The molecule has 0 aliphatic heterocycles. The first-order valence-corrected chi connectivity index (χ1v) is 7.61. The molecule has 5 heteroatoms. The van der Waals surface area contributed by atoms with E-state index >= 15 is 0 Å². The largest absolute Gasteiger partial charge is 0.366 e. The van der Waals surface area contributed by atoms with Crippen LogP contribution in [0, 0.1) is 0 Å². The second-order valence-electron chi connectivity index (χ2n) is 5.29. The third kappa shape index (κ3) is 5.16. The van der Waals surface area contributed by atoms with Crippen molar-refractivity contribution in [2.75, 3.05) is 10.6 Å². The highest BCUT2D eigenvalue weighted by atomic mass is 16.1. The van der Waals surface area contributed by atoms with Gasteiger partial charge >= 0.3 is 0 Å². The molecule has 0 aliphatic rings.